The Morgan fingerprint density at radius 1 is 0.947 bits per heavy atom. The number of rotatable bonds is 4. The highest BCUT2D eigenvalue weighted by molar-refractivity contribution is 6.31. The number of hydrogen-bond acceptors (Lipinski definition) is 5. The van der Waals surface area contributed by atoms with Crippen molar-refractivity contribution in [2.75, 3.05) is 11.9 Å². The molecule has 0 amide bonds. The normalized spacial score (nSPS) is 15.7. The van der Waals surface area contributed by atoms with Crippen molar-refractivity contribution in [1.29, 1.82) is 0 Å². The van der Waals surface area contributed by atoms with Crippen molar-refractivity contribution in [3.05, 3.63) is 107 Å². The lowest BCUT2D eigenvalue weighted by Gasteiger charge is -2.23. The number of likely N-dealkylation sites (N-methyl/N-ethyl adjacent to an activating group) is 1. The number of benzene rings is 3. The molecule has 0 fully saturated rings. The second kappa shape index (κ2) is 10.9. The first kappa shape index (κ1) is 27.9. The molecule has 4 aromatic rings. The zero-order valence-electron chi connectivity index (χ0n) is 21.6. The summed E-state index contributed by atoms with van der Waals surface area (Å²) in [5.74, 6) is 1.12. The number of aromatic nitrogens is 2. The van der Waals surface area contributed by atoms with Gasteiger partial charge in [-0.05, 0) is 48.9 Å². The van der Waals surface area contributed by atoms with Crippen LogP contribution in [0.4, 0.5) is 5.69 Å². The molecule has 0 unspecified atom stereocenters. The highest BCUT2D eigenvalue weighted by Gasteiger charge is 2.37. The standard InChI is InChI=1S/C29H29ClN3.ClHO4/c1-5-32-26-20-21(30)18-19-25(26)33(22-12-7-6-8-13-22)28(32)17-11-16-27-29(2,3)23-14-9-10-15-24(23)31(27)4;2-1(3,4)5/h6-20H,5H2,1-4H3;(H,2,3,4,5)/q+1;/p-1. The minimum Gasteiger partial charge on any atom is -0.347 e. The summed E-state index contributed by atoms with van der Waals surface area (Å²) in [6.45, 7) is 7.62. The first-order valence-corrected chi connectivity index (χ1v) is 13.7. The van der Waals surface area contributed by atoms with Gasteiger partial charge in [-0.2, -0.15) is 4.57 Å². The molecule has 0 aliphatic carbocycles. The molecule has 3 aromatic carbocycles. The molecule has 0 radical (unpaired) electrons. The summed E-state index contributed by atoms with van der Waals surface area (Å²) in [5.41, 5.74) is 7.29. The minimum atomic E-state index is -4.94. The Kier molecular flexibility index (Phi) is 7.99. The van der Waals surface area contributed by atoms with Crippen LogP contribution < -0.4 is 28.1 Å². The summed E-state index contributed by atoms with van der Waals surface area (Å²) in [7, 11) is -2.79. The van der Waals surface area contributed by atoms with Crippen molar-refractivity contribution < 1.29 is 33.4 Å². The Morgan fingerprint density at radius 2 is 1.58 bits per heavy atom. The van der Waals surface area contributed by atoms with E-state index in [2.05, 4.69) is 127 Å². The van der Waals surface area contributed by atoms with E-state index in [-0.39, 0.29) is 5.41 Å². The van der Waals surface area contributed by atoms with E-state index in [0.717, 1.165) is 34.1 Å². The molecule has 0 spiro atoms. The lowest BCUT2D eigenvalue weighted by Crippen LogP contribution is -2.68. The van der Waals surface area contributed by atoms with Crippen molar-refractivity contribution >= 4 is 34.4 Å². The fraction of sp³-hybridized carbons (Fsp3) is 0.207. The topological polar surface area (TPSA) is 104 Å². The summed E-state index contributed by atoms with van der Waals surface area (Å²) < 4.78 is 38.6. The average Bonchev–Trinajstić information content (AvgIpc) is 3.27. The fourth-order valence-corrected chi connectivity index (χ4v) is 5.31. The van der Waals surface area contributed by atoms with Crippen molar-refractivity contribution in [3.63, 3.8) is 0 Å². The van der Waals surface area contributed by atoms with Crippen molar-refractivity contribution in [2.24, 2.45) is 0 Å². The molecule has 1 aliphatic heterocycles. The highest BCUT2D eigenvalue weighted by Crippen LogP contribution is 2.46. The number of imidazole rings is 1. The maximum Gasteiger partial charge on any atom is 0.287 e. The van der Waals surface area contributed by atoms with Gasteiger partial charge in [-0.1, -0.05) is 67.9 Å². The van der Waals surface area contributed by atoms with Gasteiger partial charge in [0.1, 0.15) is 5.69 Å². The van der Waals surface area contributed by atoms with E-state index >= 15 is 0 Å². The van der Waals surface area contributed by atoms with Gasteiger partial charge >= 0.3 is 0 Å². The third-order valence-corrected chi connectivity index (χ3v) is 6.98. The van der Waals surface area contributed by atoms with Gasteiger partial charge in [-0.3, -0.25) is 0 Å². The second-order valence-corrected chi connectivity index (χ2v) is 10.6. The molecule has 0 N–H and O–H groups in total. The third kappa shape index (κ3) is 5.63. The Bertz CT molecular complexity index is 1500. The number of aryl methyl sites for hydroxylation is 1. The number of nitrogens with zero attached hydrogens (tertiary/aromatic N) is 3. The molecule has 0 atom stereocenters. The van der Waals surface area contributed by atoms with E-state index in [0.29, 0.717) is 0 Å². The van der Waals surface area contributed by atoms with Crippen LogP contribution in [0.25, 0.3) is 22.8 Å². The van der Waals surface area contributed by atoms with E-state index in [9.17, 15) is 0 Å². The number of allylic oxidation sites excluding steroid dienone is 3. The molecule has 198 valence electrons. The molecule has 0 saturated heterocycles. The zero-order chi connectivity index (χ0) is 27.7. The van der Waals surface area contributed by atoms with Crippen LogP contribution in [0, 0.1) is 10.2 Å². The quantitative estimate of drug-likeness (QED) is 0.360. The fourth-order valence-electron chi connectivity index (χ4n) is 5.14. The Morgan fingerprint density at radius 3 is 2.21 bits per heavy atom. The summed E-state index contributed by atoms with van der Waals surface area (Å²) in [6, 6.07) is 25.3. The van der Waals surface area contributed by atoms with E-state index in [1.54, 1.807) is 0 Å². The first-order valence-electron chi connectivity index (χ1n) is 12.1. The van der Waals surface area contributed by atoms with Gasteiger partial charge in [0.2, 0.25) is 0 Å². The zero-order valence-corrected chi connectivity index (χ0v) is 23.1. The molecule has 9 heteroatoms. The highest BCUT2D eigenvalue weighted by atomic mass is 35.7. The predicted octanol–water partition coefficient (Wildman–Crippen LogP) is 2.16. The molecule has 2 heterocycles. The van der Waals surface area contributed by atoms with Crippen LogP contribution in [0.2, 0.25) is 5.02 Å². The molecule has 5 rings (SSSR count). The summed E-state index contributed by atoms with van der Waals surface area (Å²) in [5, 5.41) is 0.750. The van der Waals surface area contributed by atoms with Gasteiger partial charge in [0.25, 0.3) is 5.82 Å². The monoisotopic (exact) mass is 553 g/mol. The molecular weight excluding hydrogens is 525 g/mol. The van der Waals surface area contributed by atoms with Gasteiger partial charge in [0, 0.05) is 41.0 Å². The van der Waals surface area contributed by atoms with Crippen molar-refractivity contribution in [3.8, 4) is 5.69 Å². The lowest BCUT2D eigenvalue weighted by atomic mass is 9.84. The maximum absolute atomic E-state index is 8.49. The van der Waals surface area contributed by atoms with Crippen LogP contribution in [0.5, 0.6) is 0 Å². The smallest absolute Gasteiger partial charge is 0.287 e. The lowest BCUT2D eigenvalue weighted by molar-refractivity contribution is -2.00. The summed E-state index contributed by atoms with van der Waals surface area (Å²) in [4.78, 5) is 2.31. The molecule has 1 aromatic heterocycles. The second-order valence-electron chi connectivity index (χ2n) is 9.40. The number of anilines is 1. The molecule has 38 heavy (non-hydrogen) atoms. The molecule has 0 bridgehead atoms. The van der Waals surface area contributed by atoms with Crippen LogP contribution in [0.15, 0.2) is 90.6 Å². The number of para-hydroxylation sites is 2. The minimum absolute atomic E-state index is 0.0456. The number of hydrogen-bond donors (Lipinski definition) is 0. The molecule has 1 aliphatic rings. The first-order chi connectivity index (χ1) is 17.9. The Labute approximate surface area is 229 Å². The van der Waals surface area contributed by atoms with Crippen LogP contribution >= 0.6 is 11.6 Å². The Balaban J connectivity index is 0.000000617. The van der Waals surface area contributed by atoms with Gasteiger partial charge < -0.3 is 4.90 Å². The predicted molar refractivity (Wildman–Crippen MR) is 139 cm³/mol. The molecule has 7 nitrogen and oxygen atoms in total. The van der Waals surface area contributed by atoms with E-state index in [1.165, 1.54) is 16.9 Å². The van der Waals surface area contributed by atoms with Crippen LogP contribution in [0.3, 0.4) is 0 Å². The van der Waals surface area contributed by atoms with E-state index < -0.39 is 10.2 Å². The number of halogens is 2. The third-order valence-electron chi connectivity index (χ3n) is 6.75. The number of fused-ring (bicyclic) bond motifs is 2. The molecular formula is C29H29Cl2N3O4. The summed E-state index contributed by atoms with van der Waals surface area (Å²) in [6.07, 6.45) is 6.64. The maximum atomic E-state index is 8.49. The van der Waals surface area contributed by atoms with E-state index in [4.69, 9.17) is 30.2 Å². The van der Waals surface area contributed by atoms with Gasteiger partial charge in [-0.25, -0.2) is 23.2 Å². The average molecular weight is 554 g/mol. The van der Waals surface area contributed by atoms with Crippen molar-refractivity contribution in [1.82, 2.24) is 4.57 Å². The summed E-state index contributed by atoms with van der Waals surface area (Å²) >= 11 is 6.38. The molecule has 0 saturated carbocycles. The largest absolute Gasteiger partial charge is 0.347 e. The van der Waals surface area contributed by atoms with Crippen LogP contribution in [-0.2, 0) is 12.0 Å². The van der Waals surface area contributed by atoms with Crippen molar-refractivity contribution in [2.45, 2.75) is 32.7 Å². The van der Waals surface area contributed by atoms with Gasteiger partial charge in [0.15, 0.2) is 11.0 Å². The Hall–Kier alpha value is -3.17. The van der Waals surface area contributed by atoms with Crippen LogP contribution in [0.1, 0.15) is 32.2 Å². The van der Waals surface area contributed by atoms with Gasteiger partial charge in [0.05, 0.1) is 6.54 Å². The SMILES string of the molecule is CC[n+]1c(/C=C/C=C2\N(C)c3ccccc3C2(C)C)n(-c2ccccc2)c2ccc(Cl)cc21.[O-][Cl+3]([O-])([O-])[O-]. The van der Waals surface area contributed by atoms with Crippen LogP contribution in [-0.4, -0.2) is 11.6 Å². The van der Waals surface area contributed by atoms with Gasteiger partial charge in [-0.15, -0.1) is 10.2 Å². The van der Waals surface area contributed by atoms with E-state index in [1.807, 2.05) is 6.07 Å².